The van der Waals surface area contributed by atoms with Gasteiger partial charge in [-0.3, -0.25) is 5.32 Å². The van der Waals surface area contributed by atoms with Crippen LogP contribution >= 0.6 is 11.8 Å². The average molecular weight is 309 g/mol. The van der Waals surface area contributed by atoms with Crippen LogP contribution in [0.2, 0.25) is 0 Å². The fourth-order valence-electron chi connectivity index (χ4n) is 2.31. The van der Waals surface area contributed by atoms with Crippen LogP contribution < -0.4 is 5.32 Å². The number of nitrogens with one attached hydrogen (secondary N) is 1. The van der Waals surface area contributed by atoms with Gasteiger partial charge in [0.05, 0.1) is 6.61 Å². The standard InChI is InChI=1S/C17H27NO2S/c1-4-13-18-17(12-14-21-6-3,16(19)20-5-2)15-10-8-7-9-11-15/h7-11,18H,4-6,12-14H2,1-3H3. The van der Waals surface area contributed by atoms with Crippen LogP contribution in [0.25, 0.3) is 0 Å². The highest BCUT2D eigenvalue weighted by atomic mass is 32.2. The zero-order valence-corrected chi connectivity index (χ0v) is 14.2. The Labute approximate surface area is 132 Å². The monoisotopic (exact) mass is 309 g/mol. The maximum absolute atomic E-state index is 12.7. The summed E-state index contributed by atoms with van der Waals surface area (Å²) in [6.07, 6.45) is 1.73. The van der Waals surface area contributed by atoms with Crippen molar-refractivity contribution < 1.29 is 9.53 Å². The van der Waals surface area contributed by atoms with Crippen LogP contribution in [0.4, 0.5) is 0 Å². The summed E-state index contributed by atoms with van der Waals surface area (Å²) in [7, 11) is 0. The molecule has 1 atom stereocenters. The quantitative estimate of drug-likeness (QED) is 0.529. The second-order valence-corrected chi connectivity index (χ2v) is 6.26. The molecule has 21 heavy (non-hydrogen) atoms. The van der Waals surface area contributed by atoms with Gasteiger partial charge in [0.25, 0.3) is 0 Å². The molecule has 4 heteroatoms. The van der Waals surface area contributed by atoms with Gasteiger partial charge >= 0.3 is 5.97 Å². The molecule has 0 radical (unpaired) electrons. The molecule has 0 saturated carbocycles. The summed E-state index contributed by atoms with van der Waals surface area (Å²) in [4.78, 5) is 12.7. The number of carbonyl (C=O) groups excluding carboxylic acids is 1. The van der Waals surface area contributed by atoms with E-state index in [0.29, 0.717) is 6.61 Å². The fourth-order valence-corrected chi connectivity index (χ4v) is 3.05. The molecular weight excluding hydrogens is 282 g/mol. The van der Waals surface area contributed by atoms with Gasteiger partial charge in [-0.25, -0.2) is 4.79 Å². The van der Waals surface area contributed by atoms with Crippen molar-refractivity contribution in [3.63, 3.8) is 0 Å². The molecule has 1 aromatic carbocycles. The Hall–Kier alpha value is -1.00. The summed E-state index contributed by atoms with van der Waals surface area (Å²) in [6, 6.07) is 9.94. The van der Waals surface area contributed by atoms with Crippen LogP contribution in [0.5, 0.6) is 0 Å². The van der Waals surface area contributed by atoms with E-state index in [0.717, 1.165) is 36.5 Å². The molecule has 1 rings (SSSR count). The molecule has 0 aliphatic carbocycles. The van der Waals surface area contributed by atoms with E-state index >= 15 is 0 Å². The summed E-state index contributed by atoms with van der Waals surface area (Å²) >= 11 is 1.85. The first kappa shape index (κ1) is 18.1. The first-order chi connectivity index (χ1) is 10.2. The molecule has 118 valence electrons. The Balaban J connectivity index is 3.09. The molecule has 3 nitrogen and oxygen atoms in total. The largest absolute Gasteiger partial charge is 0.464 e. The Kier molecular flexibility index (Phi) is 8.47. The third-order valence-corrected chi connectivity index (χ3v) is 4.29. The van der Waals surface area contributed by atoms with Gasteiger partial charge in [-0.15, -0.1) is 0 Å². The zero-order valence-electron chi connectivity index (χ0n) is 13.4. The lowest BCUT2D eigenvalue weighted by atomic mass is 9.87. The SMILES string of the molecule is CCCNC(CCSCC)(C(=O)OCC)c1ccccc1. The second kappa shape index (κ2) is 9.85. The van der Waals surface area contributed by atoms with Crippen molar-refractivity contribution in [3.05, 3.63) is 35.9 Å². The Morgan fingerprint density at radius 3 is 2.52 bits per heavy atom. The predicted octanol–water partition coefficient (Wildman–Crippen LogP) is 3.59. The average Bonchev–Trinajstić information content (AvgIpc) is 2.52. The van der Waals surface area contributed by atoms with Gasteiger partial charge in [0.2, 0.25) is 0 Å². The summed E-state index contributed by atoms with van der Waals surface area (Å²) in [5.41, 5.74) is 0.267. The first-order valence-corrected chi connectivity index (χ1v) is 8.92. The van der Waals surface area contributed by atoms with Gasteiger partial charge in [0.15, 0.2) is 0 Å². The van der Waals surface area contributed by atoms with E-state index < -0.39 is 5.54 Å². The number of rotatable bonds is 10. The van der Waals surface area contributed by atoms with Gasteiger partial charge in [0, 0.05) is 0 Å². The summed E-state index contributed by atoms with van der Waals surface area (Å²) < 4.78 is 5.38. The number of benzene rings is 1. The summed E-state index contributed by atoms with van der Waals surface area (Å²) in [5.74, 6) is 1.82. The van der Waals surface area contributed by atoms with Gasteiger partial charge < -0.3 is 4.74 Å². The van der Waals surface area contributed by atoms with Crippen LogP contribution in [0.15, 0.2) is 30.3 Å². The molecular formula is C17H27NO2S. The van der Waals surface area contributed by atoms with Crippen LogP contribution in [0.3, 0.4) is 0 Å². The highest BCUT2D eigenvalue weighted by Crippen LogP contribution is 2.29. The van der Waals surface area contributed by atoms with E-state index in [1.807, 2.05) is 49.0 Å². The van der Waals surface area contributed by atoms with Crippen molar-refractivity contribution in [1.82, 2.24) is 5.32 Å². The lowest BCUT2D eigenvalue weighted by molar-refractivity contribution is -0.152. The molecule has 0 heterocycles. The van der Waals surface area contributed by atoms with Crippen molar-refractivity contribution in [2.45, 2.75) is 39.2 Å². The Bertz CT molecular complexity index is 411. The molecule has 1 N–H and O–H groups in total. The zero-order chi connectivity index (χ0) is 15.6. The van der Waals surface area contributed by atoms with Gasteiger partial charge in [0.1, 0.15) is 5.54 Å². The lowest BCUT2D eigenvalue weighted by Gasteiger charge is -2.33. The first-order valence-electron chi connectivity index (χ1n) is 7.76. The normalized spacial score (nSPS) is 13.7. The van der Waals surface area contributed by atoms with Crippen LogP contribution in [-0.4, -0.2) is 30.6 Å². The van der Waals surface area contributed by atoms with Crippen molar-refractivity contribution in [2.75, 3.05) is 24.7 Å². The third kappa shape index (κ3) is 5.04. The molecule has 0 bridgehead atoms. The molecule has 1 unspecified atom stereocenters. The van der Waals surface area contributed by atoms with E-state index in [1.165, 1.54) is 0 Å². The fraction of sp³-hybridized carbons (Fsp3) is 0.588. The minimum atomic E-state index is -0.727. The van der Waals surface area contributed by atoms with Crippen LogP contribution in [0, 0.1) is 0 Å². The summed E-state index contributed by atoms with van der Waals surface area (Å²) in [6.45, 7) is 7.30. The second-order valence-electron chi connectivity index (χ2n) is 4.87. The molecule has 1 aromatic rings. The van der Waals surface area contributed by atoms with E-state index in [1.54, 1.807) is 0 Å². The van der Waals surface area contributed by atoms with E-state index in [2.05, 4.69) is 19.2 Å². The third-order valence-electron chi connectivity index (χ3n) is 3.39. The van der Waals surface area contributed by atoms with Gasteiger partial charge in [-0.1, -0.05) is 44.2 Å². The maximum Gasteiger partial charge on any atom is 0.331 e. The van der Waals surface area contributed by atoms with Crippen molar-refractivity contribution >= 4 is 17.7 Å². The van der Waals surface area contributed by atoms with Crippen molar-refractivity contribution in [1.29, 1.82) is 0 Å². The van der Waals surface area contributed by atoms with Crippen molar-refractivity contribution in [2.24, 2.45) is 0 Å². The molecule has 0 spiro atoms. The number of esters is 1. The van der Waals surface area contributed by atoms with E-state index in [-0.39, 0.29) is 5.97 Å². The minimum absolute atomic E-state index is 0.165. The maximum atomic E-state index is 12.7. The highest BCUT2D eigenvalue weighted by molar-refractivity contribution is 7.99. The Morgan fingerprint density at radius 2 is 1.95 bits per heavy atom. The highest BCUT2D eigenvalue weighted by Gasteiger charge is 2.40. The Morgan fingerprint density at radius 1 is 1.24 bits per heavy atom. The molecule has 0 fully saturated rings. The van der Waals surface area contributed by atoms with E-state index in [4.69, 9.17) is 4.74 Å². The summed E-state index contributed by atoms with van der Waals surface area (Å²) in [5, 5.41) is 3.45. The number of hydrogen-bond acceptors (Lipinski definition) is 4. The molecule has 0 aliphatic rings. The lowest BCUT2D eigenvalue weighted by Crippen LogP contribution is -2.51. The van der Waals surface area contributed by atoms with Gasteiger partial charge in [-0.2, -0.15) is 11.8 Å². The number of hydrogen-bond donors (Lipinski definition) is 1. The molecule has 0 amide bonds. The smallest absolute Gasteiger partial charge is 0.331 e. The number of carbonyl (C=O) groups is 1. The van der Waals surface area contributed by atoms with E-state index in [9.17, 15) is 4.79 Å². The van der Waals surface area contributed by atoms with Crippen molar-refractivity contribution in [3.8, 4) is 0 Å². The topological polar surface area (TPSA) is 38.3 Å². The number of ether oxygens (including phenoxy) is 1. The predicted molar refractivity (Wildman–Crippen MR) is 90.7 cm³/mol. The van der Waals surface area contributed by atoms with Crippen LogP contribution in [0.1, 0.15) is 39.2 Å². The minimum Gasteiger partial charge on any atom is -0.464 e. The van der Waals surface area contributed by atoms with Crippen LogP contribution in [-0.2, 0) is 15.1 Å². The molecule has 0 aliphatic heterocycles. The van der Waals surface area contributed by atoms with Gasteiger partial charge in [-0.05, 0) is 43.4 Å². The molecule has 0 aromatic heterocycles. The number of thioether (sulfide) groups is 1. The molecule has 0 saturated heterocycles.